The number of aromatic nitrogens is 1. The molecule has 0 radical (unpaired) electrons. The Balaban J connectivity index is 2.39. The number of methoxy groups -OCH3 is 1. The summed E-state index contributed by atoms with van der Waals surface area (Å²) in [6.07, 6.45) is 0.626. The number of carbonyl (C=O) groups excluding carboxylic acids is 1. The van der Waals surface area contributed by atoms with Gasteiger partial charge >= 0.3 is 6.16 Å². The van der Waals surface area contributed by atoms with Crippen LogP contribution in [0.2, 0.25) is 0 Å². The fraction of sp³-hybridized carbons (Fsp3) is 0.429. The zero-order chi connectivity index (χ0) is 25.4. The van der Waals surface area contributed by atoms with Crippen molar-refractivity contribution in [1.29, 1.82) is 0 Å². The number of hydrogen-bond acceptors (Lipinski definition) is 6. The maximum Gasteiger partial charge on any atom is 0.513 e. The standard InChI is InChI=1S/C28H35NO5/c1-16-10-11-19(22(12-16)34-26(31)32-9)23(24-17(2)33-15-29-24)18-13-20(27(3,4)5)25(30)21(14-18)28(6,7)8/h10-15,23,30H,1-9H3. The molecule has 0 bridgehead atoms. The number of hydrogen-bond donors (Lipinski definition) is 1. The molecule has 6 nitrogen and oxygen atoms in total. The fourth-order valence-electron chi connectivity index (χ4n) is 4.14. The second kappa shape index (κ2) is 9.16. The summed E-state index contributed by atoms with van der Waals surface area (Å²) in [6.45, 7) is 16.2. The Labute approximate surface area is 201 Å². The van der Waals surface area contributed by atoms with E-state index < -0.39 is 12.1 Å². The van der Waals surface area contributed by atoms with Crippen LogP contribution in [-0.4, -0.2) is 23.4 Å². The Morgan fingerprint density at radius 1 is 1.00 bits per heavy atom. The second-order valence-corrected chi connectivity index (χ2v) is 10.8. The van der Waals surface area contributed by atoms with Gasteiger partial charge in [-0.05, 0) is 53.0 Å². The molecule has 2 aromatic carbocycles. The Morgan fingerprint density at radius 2 is 1.59 bits per heavy atom. The topological polar surface area (TPSA) is 81.8 Å². The number of aryl methyl sites for hydroxylation is 2. The van der Waals surface area contributed by atoms with Crippen molar-refractivity contribution < 1.29 is 23.8 Å². The predicted molar refractivity (Wildman–Crippen MR) is 132 cm³/mol. The highest BCUT2D eigenvalue weighted by Gasteiger charge is 2.32. The molecule has 3 aromatic rings. The number of phenolic OH excluding ortho intramolecular Hbond substituents is 1. The number of aromatic hydroxyl groups is 1. The number of ether oxygens (including phenoxy) is 2. The maximum absolute atomic E-state index is 12.1. The first-order chi connectivity index (χ1) is 15.7. The molecule has 0 saturated carbocycles. The van der Waals surface area contributed by atoms with Gasteiger partial charge in [-0.15, -0.1) is 0 Å². The summed E-state index contributed by atoms with van der Waals surface area (Å²) in [6, 6.07) is 9.76. The van der Waals surface area contributed by atoms with Crippen molar-refractivity contribution in [3.63, 3.8) is 0 Å². The molecule has 6 heteroatoms. The van der Waals surface area contributed by atoms with Crippen LogP contribution >= 0.6 is 0 Å². The lowest BCUT2D eigenvalue weighted by atomic mass is 9.75. The molecule has 1 N–H and O–H groups in total. The van der Waals surface area contributed by atoms with Crippen LogP contribution in [0.25, 0.3) is 0 Å². The highest BCUT2D eigenvalue weighted by Crippen LogP contribution is 2.45. The van der Waals surface area contributed by atoms with E-state index >= 15 is 0 Å². The van der Waals surface area contributed by atoms with E-state index in [0.717, 1.165) is 27.8 Å². The lowest BCUT2D eigenvalue weighted by Gasteiger charge is -2.30. The van der Waals surface area contributed by atoms with E-state index in [-0.39, 0.29) is 10.8 Å². The molecule has 1 heterocycles. The minimum Gasteiger partial charge on any atom is -0.507 e. The van der Waals surface area contributed by atoms with Gasteiger partial charge < -0.3 is 19.0 Å². The highest BCUT2D eigenvalue weighted by atomic mass is 16.7. The molecule has 0 aliphatic carbocycles. The van der Waals surface area contributed by atoms with Crippen molar-refractivity contribution >= 4 is 6.16 Å². The minimum atomic E-state index is -0.793. The summed E-state index contributed by atoms with van der Waals surface area (Å²) in [7, 11) is 1.28. The van der Waals surface area contributed by atoms with Crippen molar-refractivity contribution in [1.82, 2.24) is 4.98 Å². The van der Waals surface area contributed by atoms with Gasteiger partial charge in [0.05, 0.1) is 18.7 Å². The lowest BCUT2D eigenvalue weighted by Crippen LogP contribution is -2.19. The van der Waals surface area contributed by atoms with E-state index in [9.17, 15) is 9.90 Å². The van der Waals surface area contributed by atoms with Gasteiger partial charge in [0.25, 0.3) is 0 Å². The smallest absolute Gasteiger partial charge is 0.507 e. The maximum atomic E-state index is 12.1. The first-order valence-corrected chi connectivity index (χ1v) is 11.4. The second-order valence-electron chi connectivity index (χ2n) is 10.8. The van der Waals surface area contributed by atoms with Crippen LogP contribution in [0, 0.1) is 13.8 Å². The average Bonchev–Trinajstić information content (AvgIpc) is 3.14. The van der Waals surface area contributed by atoms with E-state index in [2.05, 4.69) is 46.5 Å². The van der Waals surface area contributed by atoms with Crippen LogP contribution in [0.15, 0.2) is 41.1 Å². The summed E-state index contributed by atoms with van der Waals surface area (Å²) in [5, 5.41) is 11.2. The van der Waals surface area contributed by atoms with Crippen LogP contribution in [0.5, 0.6) is 11.5 Å². The molecule has 182 valence electrons. The van der Waals surface area contributed by atoms with Gasteiger partial charge in [0.15, 0.2) is 6.39 Å². The first-order valence-electron chi connectivity index (χ1n) is 11.4. The van der Waals surface area contributed by atoms with E-state index in [1.165, 1.54) is 13.5 Å². The van der Waals surface area contributed by atoms with Crippen molar-refractivity contribution in [2.75, 3.05) is 7.11 Å². The predicted octanol–water partition coefficient (Wildman–Crippen LogP) is 6.92. The molecule has 0 spiro atoms. The molecule has 0 fully saturated rings. The molecule has 1 unspecified atom stereocenters. The number of benzene rings is 2. The minimum absolute atomic E-state index is 0.300. The molecule has 0 aliphatic heterocycles. The van der Waals surface area contributed by atoms with Crippen LogP contribution in [0.1, 0.15) is 86.7 Å². The molecule has 1 aromatic heterocycles. The summed E-state index contributed by atoms with van der Waals surface area (Å²) in [5.41, 5.74) is 4.39. The normalized spacial score (nSPS) is 13.0. The highest BCUT2D eigenvalue weighted by molar-refractivity contribution is 5.66. The molecular formula is C28H35NO5. The van der Waals surface area contributed by atoms with Gasteiger partial charge in [-0.3, -0.25) is 0 Å². The van der Waals surface area contributed by atoms with Crippen LogP contribution in [0.3, 0.4) is 0 Å². The third-order valence-electron chi connectivity index (χ3n) is 5.98. The molecule has 0 aliphatic rings. The van der Waals surface area contributed by atoms with Crippen LogP contribution in [0.4, 0.5) is 4.79 Å². The fourth-order valence-corrected chi connectivity index (χ4v) is 4.14. The summed E-state index contributed by atoms with van der Waals surface area (Å²) >= 11 is 0. The summed E-state index contributed by atoms with van der Waals surface area (Å²) in [4.78, 5) is 16.6. The van der Waals surface area contributed by atoms with Crippen molar-refractivity contribution in [3.05, 3.63) is 76.0 Å². The van der Waals surface area contributed by atoms with Gasteiger partial charge in [-0.1, -0.05) is 65.8 Å². The average molecular weight is 466 g/mol. The number of carbonyl (C=O) groups is 1. The third-order valence-corrected chi connectivity index (χ3v) is 5.98. The zero-order valence-corrected chi connectivity index (χ0v) is 21.6. The first kappa shape index (κ1) is 25.3. The Hall–Kier alpha value is -3.28. The number of oxazole rings is 1. The number of phenols is 1. The Kier molecular flexibility index (Phi) is 6.83. The molecule has 1 atom stereocenters. The molecular weight excluding hydrogens is 430 g/mol. The molecule has 0 saturated heterocycles. The zero-order valence-electron chi connectivity index (χ0n) is 21.6. The van der Waals surface area contributed by atoms with Gasteiger partial charge in [-0.25, -0.2) is 9.78 Å². The van der Waals surface area contributed by atoms with Crippen molar-refractivity contribution in [2.24, 2.45) is 0 Å². The number of rotatable bonds is 4. The van der Waals surface area contributed by atoms with E-state index in [1.54, 1.807) is 0 Å². The van der Waals surface area contributed by atoms with E-state index in [4.69, 9.17) is 13.9 Å². The lowest BCUT2D eigenvalue weighted by molar-refractivity contribution is 0.121. The van der Waals surface area contributed by atoms with Gasteiger partial charge in [0, 0.05) is 5.56 Å². The number of nitrogens with zero attached hydrogens (tertiary/aromatic N) is 1. The molecule has 0 amide bonds. The largest absolute Gasteiger partial charge is 0.513 e. The Morgan fingerprint density at radius 3 is 2.06 bits per heavy atom. The van der Waals surface area contributed by atoms with Crippen LogP contribution < -0.4 is 4.74 Å². The summed E-state index contributed by atoms with van der Waals surface area (Å²) in [5.74, 6) is 0.954. The molecule has 34 heavy (non-hydrogen) atoms. The third kappa shape index (κ3) is 5.11. The van der Waals surface area contributed by atoms with E-state index in [1.807, 2.05) is 44.2 Å². The molecule has 3 rings (SSSR count). The van der Waals surface area contributed by atoms with Crippen molar-refractivity contribution in [2.45, 2.75) is 72.1 Å². The van der Waals surface area contributed by atoms with E-state index in [0.29, 0.717) is 23.0 Å². The van der Waals surface area contributed by atoms with Crippen molar-refractivity contribution in [3.8, 4) is 11.5 Å². The van der Waals surface area contributed by atoms with Crippen LogP contribution in [-0.2, 0) is 15.6 Å². The SMILES string of the molecule is COC(=O)Oc1cc(C)ccc1C(c1cc(C(C)(C)C)c(O)c(C(C)(C)C)c1)c1ncoc1C. The Bertz CT molecular complexity index is 1160. The van der Waals surface area contributed by atoms with Gasteiger partial charge in [0.1, 0.15) is 17.3 Å². The van der Waals surface area contributed by atoms with Gasteiger partial charge in [0.2, 0.25) is 0 Å². The van der Waals surface area contributed by atoms with Gasteiger partial charge in [-0.2, -0.15) is 0 Å². The quantitative estimate of drug-likeness (QED) is 0.333. The monoisotopic (exact) mass is 465 g/mol. The summed E-state index contributed by atoms with van der Waals surface area (Å²) < 4.78 is 15.9.